The molecular weight excluding hydrogens is 212 g/mol. The van der Waals surface area contributed by atoms with Crippen LogP contribution in [0, 0.1) is 0 Å². The van der Waals surface area contributed by atoms with Crippen LogP contribution in [0.2, 0.25) is 0 Å². The van der Waals surface area contributed by atoms with Gasteiger partial charge in [-0.3, -0.25) is 0 Å². The number of hydrogen-bond donors (Lipinski definition) is 2. The van der Waals surface area contributed by atoms with Gasteiger partial charge in [0.1, 0.15) is 11.5 Å². The van der Waals surface area contributed by atoms with Crippen molar-refractivity contribution in [2.24, 2.45) is 0 Å². The molecule has 0 aliphatic carbocycles. The maximum Gasteiger partial charge on any atom is 0.115 e. The van der Waals surface area contributed by atoms with Crippen LogP contribution in [0.5, 0.6) is 11.5 Å². The molecule has 0 spiro atoms. The molecule has 2 N–H and O–H groups in total. The lowest BCUT2D eigenvalue weighted by molar-refractivity contribution is 0.473. The summed E-state index contributed by atoms with van der Waals surface area (Å²) in [5.41, 5.74) is 2.14. The van der Waals surface area contributed by atoms with E-state index in [1.165, 1.54) is 0 Å². The first-order chi connectivity index (χ1) is 8.20. The van der Waals surface area contributed by atoms with E-state index in [4.69, 9.17) is 0 Å². The van der Waals surface area contributed by atoms with Crippen LogP contribution < -0.4 is 0 Å². The lowest BCUT2D eigenvalue weighted by atomic mass is 9.89. The van der Waals surface area contributed by atoms with Crippen molar-refractivity contribution in [1.29, 1.82) is 0 Å². The highest BCUT2D eigenvalue weighted by Gasteiger charge is 2.12. The van der Waals surface area contributed by atoms with Crippen molar-refractivity contribution in [2.45, 2.75) is 19.3 Å². The second-order valence-electron chi connectivity index (χ2n) is 4.15. The Balaban J connectivity index is 2.40. The van der Waals surface area contributed by atoms with Crippen LogP contribution in [0.15, 0.2) is 48.5 Å². The minimum atomic E-state index is 0.203. The number of phenols is 2. The number of aromatic hydroxyl groups is 2. The summed E-state index contributed by atoms with van der Waals surface area (Å²) in [5.74, 6) is 0.761. The average molecular weight is 228 g/mol. The predicted molar refractivity (Wildman–Crippen MR) is 68.3 cm³/mol. The molecule has 88 valence electrons. The van der Waals surface area contributed by atoms with Crippen molar-refractivity contribution in [1.82, 2.24) is 0 Å². The highest BCUT2D eigenvalue weighted by atomic mass is 16.3. The summed E-state index contributed by atoms with van der Waals surface area (Å²) in [6.07, 6.45) is 0.924. The summed E-state index contributed by atoms with van der Waals surface area (Å²) in [4.78, 5) is 0. The Morgan fingerprint density at radius 2 is 1.35 bits per heavy atom. The second-order valence-corrected chi connectivity index (χ2v) is 4.15. The molecule has 0 bridgehead atoms. The maximum absolute atomic E-state index is 9.51. The number of phenolic OH excluding ortho intramolecular Hbond substituents is 2. The number of rotatable bonds is 3. The van der Waals surface area contributed by atoms with Crippen molar-refractivity contribution in [2.75, 3.05) is 0 Å². The van der Waals surface area contributed by atoms with Crippen molar-refractivity contribution in [3.8, 4) is 11.5 Å². The van der Waals surface area contributed by atoms with Gasteiger partial charge in [0, 0.05) is 5.92 Å². The minimum Gasteiger partial charge on any atom is -0.508 e. The van der Waals surface area contributed by atoms with Gasteiger partial charge in [-0.25, -0.2) is 0 Å². The molecule has 0 saturated heterocycles. The van der Waals surface area contributed by atoms with Crippen LogP contribution >= 0.6 is 0 Å². The Hall–Kier alpha value is -1.96. The molecule has 2 aromatic rings. The first-order valence-electron chi connectivity index (χ1n) is 5.78. The van der Waals surface area contributed by atoms with E-state index in [-0.39, 0.29) is 17.4 Å². The first-order valence-corrected chi connectivity index (χ1v) is 5.78. The van der Waals surface area contributed by atoms with Crippen LogP contribution in [0.3, 0.4) is 0 Å². The van der Waals surface area contributed by atoms with Gasteiger partial charge in [-0.15, -0.1) is 0 Å². The van der Waals surface area contributed by atoms with E-state index in [0.717, 1.165) is 17.5 Å². The summed E-state index contributed by atoms with van der Waals surface area (Å²) in [6, 6.07) is 14.6. The largest absolute Gasteiger partial charge is 0.508 e. The summed E-state index contributed by atoms with van der Waals surface area (Å²) in [5, 5.41) is 19.0. The van der Waals surface area contributed by atoms with Crippen LogP contribution in [0.25, 0.3) is 0 Å². The van der Waals surface area contributed by atoms with Gasteiger partial charge in [0.15, 0.2) is 0 Å². The third kappa shape index (κ3) is 2.59. The van der Waals surface area contributed by atoms with Crippen molar-refractivity contribution in [3.63, 3.8) is 0 Å². The van der Waals surface area contributed by atoms with Gasteiger partial charge in [0.25, 0.3) is 0 Å². The summed E-state index contributed by atoms with van der Waals surface area (Å²) in [7, 11) is 0. The fourth-order valence-corrected chi connectivity index (χ4v) is 2.15. The normalized spacial score (nSPS) is 10.7. The zero-order valence-corrected chi connectivity index (χ0v) is 9.80. The van der Waals surface area contributed by atoms with Gasteiger partial charge in [-0.05, 0) is 41.8 Å². The highest BCUT2D eigenvalue weighted by molar-refractivity contribution is 5.39. The molecule has 0 heterocycles. The molecule has 2 aromatic carbocycles. The summed E-state index contributed by atoms with van der Waals surface area (Å²) in [6.45, 7) is 2.10. The third-order valence-corrected chi connectivity index (χ3v) is 2.95. The zero-order valence-electron chi connectivity index (χ0n) is 9.80. The molecule has 0 aromatic heterocycles. The highest BCUT2D eigenvalue weighted by Crippen LogP contribution is 2.31. The van der Waals surface area contributed by atoms with E-state index in [1.54, 1.807) is 24.3 Å². The van der Waals surface area contributed by atoms with Crippen LogP contribution in [0.1, 0.15) is 30.4 Å². The Kier molecular flexibility index (Phi) is 3.33. The summed E-state index contributed by atoms with van der Waals surface area (Å²) >= 11 is 0. The van der Waals surface area contributed by atoms with Gasteiger partial charge < -0.3 is 10.2 Å². The number of hydrogen-bond acceptors (Lipinski definition) is 2. The Morgan fingerprint density at radius 1 is 0.882 bits per heavy atom. The molecule has 2 heteroatoms. The summed E-state index contributed by atoms with van der Waals surface area (Å²) < 4.78 is 0. The molecule has 0 fully saturated rings. The zero-order chi connectivity index (χ0) is 12.3. The molecule has 0 radical (unpaired) electrons. The molecule has 17 heavy (non-hydrogen) atoms. The average Bonchev–Trinajstić information content (AvgIpc) is 2.30. The van der Waals surface area contributed by atoms with E-state index in [0.29, 0.717) is 0 Å². The first kappa shape index (κ1) is 11.5. The van der Waals surface area contributed by atoms with E-state index in [1.807, 2.05) is 24.3 Å². The lowest BCUT2D eigenvalue weighted by Gasteiger charge is -2.16. The van der Waals surface area contributed by atoms with Crippen molar-refractivity contribution in [3.05, 3.63) is 59.7 Å². The molecule has 2 nitrogen and oxygen atoms in total. The van der Waals surface area contributed by atoms with E-state index in [2.05, 4.69) is 6.92 Å². The Bertz CT molecular complexity index is 460. The minimum absolute atomic E-state index is 0.203. The molecule has 0 aliphatic heterocycles. The van der Waals surface area contributed by atoms with Gasteiger partial charge in [-0.2, -0.15) is 0 Å². The molecule has 0 amide bonds. The second kappa shape index (κ2) is 4.91. The number of benzene rings is 2. The molecule has 0 saturated carbocycles. The molecule has 0 aliphatic rings. The lowest BCUT2D eigenvalue weighted by Crippen LogP contribution is -1.99. The monoisotopic (exact) mass is 228 g/mol. The standard InChI is InChI=1S/C15H16O2/c1-2-15(11-5-3-7-13(16)9-11)12-6-4-8-14(17)10-12/h3-10,15-17H,2H2,1H3. The quantitative estimate of drug-likeness (QED) is 0.842. The Morgan fingerprint density at radius 3 is 1.71 bits per heavy atom. The van der Waals surface area contributed by atoms with E-state index >= 15 is 0 Å². The smallest absolute Gasteiger partial charge is 0.115 e. The maximum atomic E-state index is 9.51. The van der Waals surface area contributed by atoms with Gasteiger partial charge in [-0.1, -0.05) is 31.2 Å². The molecule has 0 atom stereocenters. The predicted octanol–water partition coefficient (Wildman–Crippen LogP) is 3.64. The van der Waals surface area contributed by atoms with Crippen molar-refractivity contribution >= 4 is 0 Å². The van der Waals surface area contributed by atoms with Gasteiger partial charge in [0.2, 0.25) is 0 Å². The SMILES string of the molecule is CCC(c1cccc(O)c1)c1cccc(O)c1. The third-order valence-electron chi connectivity index (χ3n) is 2.95. The molecule has 0 unspecified atom stereocenters. The van der Waals surface area contributed by atoms with E-state index < -0.39 is 0 Å². The van der Waals surface area contributed by atoms with Crippen LogP contribution in [-0.4, -0.2) is 10.2 Å². The van der Waals surface area contributed by atoms with Crippen molar-refractivity contribution < 1.29 is 10.2 Å². The van der Waals surface area contributed by atoms with E-state index in [9.17, 15) is 10.2 Å². The van der Waals surface area contributed by atoms with Gasteiger partial charge >= 0.3 is 0 Å². The molecule has 2 rings (SSSR count). The van der Waals surface area contributed by atoms with Crippen LogP contribution in [-0.2, 0) is 0 Å². The topological polar surface area (TPSA) is 40.5 Å². The Labute approximate surface area is 101 Å². The molecular formula is C15H16O2. The van der Waals surface area contributed by atoms with Crippen LogP contribution in [0.4, 0.5) is 0 Å². The fraction of sp³-hybridized carbons (Fsp3) is 0.200. The van der Waals surface area contributed by atoms with Gasteiger partial charge in [0.05, 0.1) is 0 Å². The fourth-order valence-electron chi connectivity index (χ4n) is 2.15.